The van der Waals surface area contributed by atoms with E-state index in [-0.39, 0.29) is 4.75 Å². The van der Waals surface area contributed by atoms with E-state index in [0.717, 1.165) is 12.2 Å². The van der Waals surface area contributed by atoms with Crippen LogP contribution in [0.1, 0.15) is 24.8 Å². The molecule has 2 heteroatoms. The normalized spacial score (nSPS) is 26.8. The van der Waals surface area contributed by atoms with Gasteiger partial charge in [0.1, 0.15) is 4.75 Å². The highest BCUT2D eigenvalue weighted by Crippen LogP contribution is 2.44. The summed E-state index contributed by atoms with van der Waals surface area (Å²) in [6, 6.07) is 12.7. The van der Waals surface area contributed by atoms with Gasteiger partial charge in [-0.2, -0.15) is 5.26 Å². The zero-order valence-corrected chi connectivity index (χ0v) is 8.89. The second-order valence-corrected chi connectivity index (χ2v) is 5.00. The van der Waals surface area contributed by atoms with Gasteiger partial charge in [-0.25, -0.2) is 0 Å². The van der Waals surface area contributed by atoms with Crippen molar-refractivity contribution in [1.29, 1.82) is 5.26 Å². The summed E-state index contributed by atoms with van der Waals surface area (Å²) in [4.78, 5) is 0. The van der Waals surface area contributed by atoms with E-state index < -0.39 is 0 Å². The van der Waals surface area contributed by atoms with E-state index in [0.29, 0.717) is 0 Å². The van der Waals surface area contributed by atoms with Gasteiger partial charge in [0, 0.05) is 0 Å². The minimum absolute atomic E-state index is 0.264. The summed E-state index contributed by atoms with van der Waals surface area (Å²) in [5.41, 5.74) is 1.17. The van der Waals surface area contributed by atoms with Crippen LogP contribution in [0.5, 0.6) is 0 Å². The molecular formula is C12H13NS. The Labute approximate surface area is 89.1 Å². The van der Waals surface area contributed by atoms with Crippen molar-refractivity contribution >= 4 is 11.8 Å². The van der Waals surface area contributed by atoms with Gasteiger partial charge < -0.3 is 0 Å². The molecule has 72 valence electrons. The van der Waals surface area contributed by atoms with Gasteiger partial charge in [-0.1, -0.05) is 30.3 Å². The van der Waals surface area contributed by atoms with Crippen molar-refractivity contribution in [2.45, 2.75) is 24.0 Å². The number of benzene rings is 1. The minimum Gasteiger partial charge on any atom is -0.196 e. The number of thioether (sulfide) groups is 1. The molecule has 1 heterocycles. The number of hydrogen-bond acceptors (Lipinski definition) is 2. The van der Waals surface area contributed by atoms with Gasteiger partial charge in [-0.05, 0) is 30.6 Å². The monoisotopic (exact) mass is 203 g/mol. The molecule has 1 aromatic rings. The summed E-state index contributed by atoms with van der Waals surface area (Å²) in [6.45, 7) is 0. The molecule has 1 nitrogen and oxygen atoms in total. The lowest BCUT2D eigenvalue weighted by Gasteiger charge is -2.30. The average Bonchev–Trinajstić information content (AvgIpc) is 2.31. The Kier molecular flexibility index (Phi) is 2.79. The first-order valence-corrected chi connectivity index (χ1v) is 5.97. The van der Waals surface area contributed by atoms with E-state index in [1.54, 1.807) is 11.8 Å². The third kappa shape index (κ3) is 1.65. The quantitative estimate of drug-likeness (QED) is 0.699. The first-order valence-electron chi connectivity index (χ1n) is 4.98. The highest BCUT2D eigenvalue weighted by atomic mass is 32.2. The van der Waals surface area contributed by atoms with Gasteiger partial charge >= 0.3 is 0 Å². The number of rotatable bonds is 1. The van der Waals surface area contributed by atoms with Gasteiger partial charge in [-0.15, -0.1) is 11.8 Å². The maximum atomic E-state index is 9.32. The van der Waals surface area contributed by atoms with E-state index in [9.17, 15) is 5.26 Å². The van der Waals surface area contributed by atoms with E-state index in [4.69, 9.17) is 0 Å². The van der Waals surface area contributed by atoms with Crippen LogP contribution in [0.4, 0.5) is 0 Å². The van der Waals surface area contributed by atoms with Crippen molar-refractivity contribution < 1.29 is 0 Å². The summed E-state index contributed by atoms with van der Waals surface area (Å²) in [5.74, 6) is 1.11. The molecular weight excluding hydrogens is 190 g/mol. The molecule has 1 unspecified atom stereocenters. The van der Waals surface area contributed by atoms with Gasteiger partial charge in [0.05, 0.1) is 6.07 Å². The van der Waals surface area contributed by atoms with Crippen molar-refractivity contribution in [2.24, 2.45) is 0 Å². The van der Waals surface area contributed by atoms with Crippen LogP contribution in [0.25, 0.3) is 0 Å². The van der Waals surface area contributed by atoms with Gasteiger partial charge in [-0.3, -0.25) is 0 Å². The molecule has 0 N–H and O–H groups in total. The Bertz CT molecular complexity index is 333. The van der Waals surface area contributed by atoms with Crippen molar-refractivity contribution in [1.82, 2.24) is 0 Å². The molecule has 0 spiro atoms. The first kappa shape index (κ1) is 9.61. The molecule has 1 aliphatic heterocycles. The van der Waals surface area contributed by atoms with Crippen LogP contribution in [-0.2, 0) is 4.75 Å². The van der Waals surface area contributed by atoms with Crippen LogP contribution < -0.4 is 0 Å². The first-order chi connectivity index (χ1) is 6.87. The molecule has 1 aromatic carbocycles. The number of nitrogens with zero attached hydrogens (tertiary/aromatic N) is 1. The second kappa shape index (κ2) is 4.06. The van der Waals surface area contributed by atoms with Crippen LogP contribution in [0.3, 0.4) is 0 Å². The van der Waals surface area contributed by atoms with Crippen LogP contribution in [0.15, 0.2) is 30.3 Å². The lowest BCUT2D eigenvalue weighted by atomic mass is 9.93. The molecule has 1 atom stereocenters. The predicted octanol–water partition coefficient (Wildman–Crippen LogP) is 3.32. The summed E-state index contributed by atoms with van der Waals surface area (Å²) >= 11 is 1.80. The van der Waals surface area contributed by atoms with Crippen molar-refractivity contribution in [3.05, 3.63) is 35.9 Å². The summed E-state index contributed by atoms with van der Waals surface area (Å²) in [5, 5.41) is 9.32. The minimum atomic E-state index is -0.264. The molecule has 1 fully saturated rings. The van der Waals surface area contributed by atoms with Crippen molar-refractivity contribution in [3.63, 3.8) is 0 Å². The third-order valence-electron chi connectivity index (χ3n) is 2.69. The van der Waals surface area contributed by atoms with Gasteiger partial charge in [0.2, 0.25) is 0 Å². The molecule has 2 rings (SSSR count). The maximum Gasteiger partial charge on any atom is 0.127 e. The lowest BCUT2D eigenvalue weighted by Crippen LogP contribution is -2.23. The third-order valence-corrected chi connectivity index (χ3v) is 4.21. The largest absolute Gasteiger partial charge is 0.196 e. The van der Waals surface area contributed by atoms with Crippen LogP contribution in [-0.4, -0.2) is 5.75 Å². The Hall–Kier alpha value is -0.940. The topological polar surface area (TPSA) is 23.8 Å². The lowest BCUT2D eigenvalue weighted by molar-refractivity contribution is 0.611. The van der Waals surface area contributed by atoms with Crippen molar-refractivity contribution in [3.8, 4) is 6.07 Å². The summed E-state index contributed by atoms with van der Waals surface area (Å²) in [7, 11) is 0. The van der Waals surface area contributed by atoms with E-state index in [1.807, 2.05) is 18.2 Å². The van der Waals surface area contributed by atoms with E-state index >= 15 is 0 Å². The van der Waals surface area contributed by atoms with Crippen LogP contribution in [0.2, 0.25) is 0 Å². The highest BCUT2D eigenvalue weighted by Gasteiger charge is 2.34. The molecule has 0 amide bonds. The smallest absolute Gasteiger partial charge is 0.127 e. The molecule has 0 saturated carbocycles. The molecule has 14 heavy (non-hydrogen) atoms. The van der Waals surface area contributed by atoms with Crippen LogP contribution in [0, 0.1) is 11.3 Å². The van der Waals surface area contributed by atoms with E-state index in [1.165, 1.54) is 18.4 Å². The second-order valence-electron chi connectivity index (χ2n) is 3.61. The SMILES string of the molecule is N#CC1(c2ccccc2)CCCCS1. The maximum absolute atomic E-state index is 9.32. The standard InChI is InChI=1S/C12H13NS/c13-10-12(8-4-5-9-14-12)11-6-2-1-3-7-11/h1-3,6-7H,4-5,8-9H2. The number of nitriles is 1. The molecule has 1 aliphatic rings. The fourth-order valence-corrected chi connectivity index (χ4v) is 3.24. The van der Waals surface area contributed by atoms with Crippen LogP contribution >= 0.6 is 11.8 Å². The Balaban J connectivity index is 2.33. The Morgan fingerprint density at radius 1 is 1.21 bits per heavy atom. The molecule has 0 bridgehead atoms. The molecule has 0 aromatic heterocycles. The molecule has 0 aliphatic carbocycles. The Morgan fingerprint density at radius 2 is 2.00 bits per heavy atom. The summed E-state index contributed by atoms with van der Waals surface area (Å²) < 4.78 is -0.264. The fraction of sp³-hybridized carbons (Fsp3) is 0.417. The highest BCUT2D eigenvalue weighted by molar-refractivity contribution is 8.00. The Morgan fingerprint density at radius 3 is 2.57 bits per heavy atom. The molecule has 0 radical (unpaired) electrons. The van der Waals surface area contributed by atoms with Crippen molar-refractivity contribution in [2.75, 3.05) is 5.75 Å². The zero-order chi connectivity index (χ0) is 9.86. The average molecular weight is 203 g/mol. The fourth-order valence-electron chi connectivity index (χ4n) is 1.88. The molecule has 1 saturated heterocycles. The summed E-state index contributed by atoms with van der Waals surface area (Å²) in [6.07, 6.45) is 3.43. The number of hydrogen-bond donors (Lipinski definition) is 0. The van der Waals surface area contributed by atoms with E-state index in [2.05, 4.69) is 18.2 Å². The zero-order valence-electron chi connectivity index (χ0n) is 8.07. The van der Waals surface area contributed by atoms with Gasteiger partial charge in [0.25, 0.3) is 0 Å². The predicted molar refractivity (Wildman–Crippen MR) is 60.0 cm³/mol. The van der Waals surface area contributed by atoms with Gasteiger partial charge in [0.15, 0.2) is 0 Å².